The second-order valence-corrected chi connectivity index (χ2v) is 3.04. The van der Waals surface area contributed by atoms with Crippen LogP contribution in [0, 0.1) is 0 Å². The van der Waals surface area contributed by atoms with Crippen LogP contribution >= 0.6 is 0 Å². The number of rotatable bonds is 3. The summed E-state index contributed by atoms with van der Waals surface area (Å²) in [6, 6.07) is 0. The van der Waals surface area contributed by atoms with Gasteiger partial charge in [0.15, 0.2) is 0 Å². The van der Waals surface area contributed by atoms with Crippen LogP contribution in [0.1, 0.15) is 6.42 Å². The SMILES string of the molecule is NCCCN1C[C@H](O)[C@@H](O)C1. The maximum atomic E-state index is 9.14. The summed E-state index contributed by atoms with van der Waals surface area (Å²) in [6.45, 7) is 2.72. The lowest BCUT2D eigenvalue weighted by atomic mass is 10.3. The van der Waals surface area contributed by atoms with Crippen LogP contribution in [-0.4, -0.2) is 53.5 Å². The first-order chi connectivity index (χ1) is 5.24. The van der Waals surface area contributed by atoms with Gasteiger partial charge in [0.05, 0.1) is 12.2 Å². The lowest BCUT2D eigenvalue weighted by molar-refractivity contribution is 0.0572. The number of nitrogens with two attached hydrogens (primary N) is 1. The van der Waals surface area contributed by atoms with Crippen LogP contribution in [0.25, 0.3) is 0 Å². The lowest BCUT2D eigenvalue weighted by Gasteiger charge is -2.12. The van der Waals surface area contributed by atoms with Gasteiger partial charge in [-0.25, -0.2) is 0 Å². The van der Waals surface area contributed by atoms with Gasteiger partial charge in [0.25, 0.3) is 0 Å². The van der Waals surface area contributed by atoms with E-state index in [0.717, 1.165) is 13.0 Å². The number of likely N-dealkylation sites (tertiary alicyclic amines) is 1. The van der Waals surface area contributed by atoms with E-state index in [1.165, 1.54) is 0 Å². The normalized spacial score (nSPS) is 33.0. The molecule has 1 fully saturated rings. The molecular formula is C7H16N2O2. The van der Waals surface area contributed by atoms with Crippen LogP contribution in [0.3, 0.4) is 0 Å². The van der Waals surface area contributed by atoms with Crippen LogP contribution in [-0.2, 0) is 0 Å². The van der Waals surface area contributed by atoms with E-state index < -0.39 is 12.2 Å². The zero-order valence-corrected chi connectivity index (χ0v) is 6.61. The minimum atomic E-state index is -0.562. The molecule has 0 unspecified atom stereocenters. The van der Waals surface area contributed by atoms with Crippen molar-refractivity contribution in [2.45, 2.75) is 18.6 Å². The van der Waals surface area contributed by atoms with E-state index in [9.17, 15) is 0 Å². The van der Waals surface area contributed by atoms with E-state index in [-0.39, 0.29) is 0 Å². The molecule has 0 spiro atoms. The highest BCUT2D eigenvalue weighted by molar-refractivity contribution is 4.82. The Balaban J connectivity index is 2.18. The van der Waals surface area contributed by atoms with E-state index in [4.69, 9.17) is 15.9 Å². The molecule has 0 saturated carbocycles. The monoisotopic (exact) mass is 160 g/mol. The third-order valence-corrected chi connectivity index (χ3v) is 2.01. The molecular weight excluding hydrogens is 144 g/mol. The topological polar surface area (TPSA) is 69.7 Å². The van der Waals surface area contributed by atoms with Crippen molar-refractivity contribution in [1.29, 1.82) is 0 Å². The Morgan fingerprint density at radius 1 is 1.27 bits per heavy atom. The molecule has 0 aromatic rings. The van der Waals surface area contributed by atoms with Gasteiger partial charge in [0, 0.05) is 13.1 Å². The van der Waals surface area contributed by atoms with Crippen LogP contribution in [0.2, 0.25) is 0 Å². The first kappa shape index (κ1) is 8.93. The first-order valence-corrected chi connectivity index (χ1v) is 4.02. The average molecular weight is 160 g/mol. The van der Waals surface area contributed by atoms with Crippen molar-refractivity contribution in [3.63, 3.8) is 0 Å². The third-order valence-electron chi connectivity index (χ3n) is 2.01. The molecule has 0 aromatic carbocycles. The van der Waals surface area contributed by atoms with Crippen LogP contribution in [0.4, 0.5) is 0 Å². The first-order valence-electron chi connectivity index (χ1n) is 4.02. The predicted octanol–water partition coefficient (Wildman–Crippen LogP) is -1.63. The highest BCUT2D eigenvalue weighted by atomic mass is 16.3. The van der Waals surface area contributed by atoms with Crippen molar-refractivity contribution >= 4 is 0 Å². The smallest absolute Gasteiger partial charge is 0.0938 e. The fourth-order valence-electron chi connectivity index (χ4n) is 1.34. The molecule has 2 atom stereocenters. The van der Waals surface area contributed by atoms with E-state index >= 15 is 0 Å². The van der Waals surface area contributed by atoms with Crippen molar-refractivity contribution in [2.75, 3.05) is 26.2 Å². The van der Waals surface area contributed by atoms with Crippen molar-refractivity contribution < 1.29 is 10.2 Å². The summed E-state index contributed by atoms with van der Waals surface area (Å²) in [4.78, 5) is 2.03. The van der Waals surface area contributed by atoms with Gasteiger partial charge >= 0.3 is 0 Å². The Bertz CT molecular complexity index is 111. The van der Waals surface area contributed by atoms with Crippen LogP contribution in [0.15, 0.2) is 0 Å². The molecule has 11 heavy (non-hydrogen) atoms. The van der Waals surface area contributed by atoms with Crippen molar-refractivity contribution in [2.24, 2.45) is 5.73 Å². The summed E-state index contributed by atoms with van der Waals surface area (Å²) in [5, 5.41) is 18.3. The third kappa shape index (κ3) is 2.41. The fraction of sp³-hybridized carbons (Fsp3) is 1.00. The minimum Gasteiger partial charge on any atom is -0.389 e. The summed E-state index contributed by atoms with van der Waals surface area (Å²) >= 11 is 0. The van der Waals surface area contributed by atoms with Crippen molar-refractivity contribution in [3.8, 4) is 0 Å². The molecule has 0 bridgehead atoms. The molecule has 1 saturated heterocycles. The van der Waals surface area contributed by atoms with E-state index in [0.29, 0.717) is 19.6 Å². The summed E-state index contributed by atoms with van der Waals surface area (Å²) in [7, 11) is 0. The maximum Gasteiger partial charge on any atom is 0.0938 e. The summed E-state index contributed by atoms with van der Waals surface area (Å²) in [5.74, 6) is 0. The maximum absolute atomic E-state index is 9.14. The van der Waals surface area contributed by atoms with Crippen LogP contribution in [0.5, 0.6) is 0 Å². The zero-order chi connectivity index (χ0) is 8.27. The number of hydrogen-bond acceptors (Lipinski definition) is 4. The Hall–Kier alpha value is -0.160. The molecule has 1 rings (SSSR count). The lowest BCUT2D eigenvalue weighted by Crippen LogP contribution is -2.24. The highest BCUT2D eigenvalue weighted by Crippen LogP contribution is 2.09. The Morgan fingerprint density at radius 3 is 2.27 bits per heavy atom. The Morgan fingerprint density at radius 2 is 1.82 bits per heavy atom. The van der Waals surface area contributed by atoms with Gasteiger partial charge in [0.2, 0.25) is 0 Å². The fourth-order valence-corrected chi connectivity index (χ4v) is 1.34. The number of hydrogen-bond donors (Lipinski definition) is 3. The van der Waals surface area contributed by atoms with Gasteiger partial charge in [-0.1, -0.05) is 0 Å². The molecule has 4 N–H and O–H groups in total. The number of aliphatic hydroxyl groups excluding tert-OH is 2. The van der Waals surface area contributed by atoms with Gasteiger partial charge < -0.3 is 15.9 Å². The van der Waals surface area contributed by atoms with Gasteiger partial charge in [-0.05, 0) is 19.5 Å². The largest absolute Gasteiger partial charge is 0.389 e. The Kier molecular flexibility index (Phi) is 3.26. The second kappa shape index (κ2) is 4.01. The standard InChI is InChI=1S/C7H16N2O2/c8-2-1-3-9-4-6(10)7(11)5-9/h6-7,10-11H,1-5,8H2/t6-,7-/m0/s1. The van der Waals surface area contributed by atoms with Crippen molar-refractivity contribution in [1.82, 2.24) is 4.90 Å². The molecule has 0 radical (unpaired) electrons. The number of β-amino-alcohol motifs (C(OH)–C–C–N with tert-alkyl or cyclic N) is 2. The van der Waals surface area contributed by atoms with Gasteiger partial charge in [0.1, 0.15) is 0 Å². The Labute approximate surface area is 66.6 Å². The number of nitrogens with zero attached hydrogens (tertiary/aromatic N) is 1. The quantitative estimate of drug-likeness (QED) is 0.464. The second-order valence-electron chi connectivity index (χ2n) is 3.04. The number of aliphatic hydroxyl groups is 2. The molecule has 4 heteroatoms. The molecule has 0 aromatic heterocycles. The van der Waals surface area contributed by atoms with Gasteiger partial charge in [-0.2, -0.15) is 0 Å². The minimum absolute atomic E-state index is 0.562. The highest BCUT2D eigenvalue weighted by Gasteiger charge is 2.28. The van der Waals surface area contributed by atoms with Crippen molar-refractivity contribution in [3.05, 3.63) is 0 Å². The van der Waals surface area contributed by atoms with Gasteiger partial charge in [-0.15, -0.1) is 0 Å². The van der Waals surface area contributed by atoms with E-state index in [2.05, 4.69) is 0 Å². The summed E-state index contributed by atoms with van der Waals surface area (Å²) in [6.07, 6.45) is -0.194. The molecule has 4 nitrogen and oxygen atoms in total. The van der Waals surface area contributed by atoms with Crippen LogP contribution < -0.4 is 5.73 Å². The molecule has 0 amide bonds. The molecule has 66 valence electrons. The van der Waals surface area contributed by atoms with E-state index in [1.807, 2.05) is 4.90 Å². The predicted molar refractivity (Wildman–Crippen MR) is 42.1 cm³/mol. The van der Waals surface area contributed by atoms with Gasteiger partial charge in [-0.3, -0.25) is 4.90 Å². The molecule has 1 aliphatic heterocycles. The average Bonchev–Trinajstić information content (AvgIpc) is 2.28. The molecule has 1 aliphatic rings. The molecule has 0 aliphatic carbocycles. The zero-order valence-electron chi connectivity index (χ0n) is 6.61. The summed E-state index contributed by atoms with van der Waals surface area (Å²) in [5.41, 5.74) is 5.32. The van der Waals surface area contributed by atoms with E-state index in [1.54, 1.807) is 0 Å². The molecule has 1 heterocycles. The summed E-state index contributed by atoms with van der Waals surface area (Å²) < 4.78 is 0.